The second-order valence-corrected chi connectivity index (χ2v) is 7.48. The van der Waals surface area contributed by atoms with Crippen LogP contribution in [0.2, 0.25) is 0 Å². The number of fused-ring (bicyclic) bond motifs is 1. The van der Waals surface area contributed by atoms with E-state index >= 15 is 0 Å². The number of rotatable bonds is 7. The van der Waals surface area contributed by atoms with Gasteiger partial charge in [0.05, 0.1) is 0 Å². The second-order valence-electron chi connectivity index (χ2n) is 7.48. The largest absolute Gasteiger partial charge is 0.361 e. The smallest absolute Gasteiger partial charge is 0.244 e. The maximum atomic E-state index is 12.8. The number of allylic oxidation sites excluding steroid dienone is 1. The average molecular weight is 389 g/mol. The maximum Gasteiger partial charge on any atom is 0.244 e. The van der Waals surface area contributed by atoms with E-state index in [0.29, 0.717) is 6.42 Å². The average Bonchev–Trinajstić information content (AvgIpc) is 3.10. The summed E-state index contributed by atoms with van der Waals surface area (Å²) in [5.41, 5.74) is 3.82. The van der Waals surface area contributed by atoms with Crippen LogP contribution >= 0.6 is 0 Å². The zero-order valence-corrected chi connectivity index (χ0v) is 17.0. The molecule has 3 aromatic rings. The third kappa shape index (κ3) is 5.35. The molecule has 0 fully saturated rings. The molecule has 0 aliphatic heterocycles. The molecule has 5 nitrogen and oxygen atoms in total. The monoisotopic (exact) mass is 389 g/mol. The van der Waals surface area contributed by atoms with E-state index in [1.165, 1.54) is 0 Å². The molecule has 0 spiro atoms. The van der Waals surface area contributed by atoms with Gasteiger partial charge in [0.25, 0.3) is 0 Å². The van der Waals surface area contributed by atoms with Gasteiger partial charge in [-0.1, -0.05) is 48.5 Å². The van der Waals surface area contributed by atoms with Crippen molar-refractivity contribution in [3.63, 3.8) is 0 Å². The van der Waals surface area contributed by atoms with Crippen LogP contribution in [0.1, 0.15) is 31.9 Å². The fourth-order valence-electron chi connectivity index (χ4n) is 3.31. The van der Waals surface area contributed by atoms with Gasteiger partial charge in [0.15, 0.2) is 0 Å². The molecule has 3 rings (SSSR count). The molecule has 0 bridgehead atoms. The van der Waals surface area contributed by atoms with Gasteiger partial charge in [-0.05, 0) is 43.5 Å². The second kappa shape index (κ2) is 9.24. The van der Waals surface area contributed by atoms with Gasteiger partial charge in [-0.25, -0.2) is 0 Å². The van der Waals surface area contributed by atoms with Gasteiger partial charge in [-0.3, -0.25) is 9.59 Å². The highest BCUT2D eigenvalue weighted by molar-refractivity contribution is 5.98. The highest BCUT2D eigenvalue weighted by atomic mass is 16.2. The van der Waals surface area contributed by atoms with Crippen LogP contribution in [-0.2, 0) is 16.0 Å². The Balaban J connectivity index is 1.80. The van der Waals surface area contributed by atoms with Gasteiger partial charge in [0, 0.05) is 35.6 Å². The Morgan fingerprint density at radius 3 is 2.41 bits per heavy atom. The molecule has 0 aliphatic carbocycles. The minimum absolute atomic E-state index is 0.00790. The van der Waals surface area contributed by atoms with E-state index in [-0.39, 0.29) is 17.9 Å². The predicted molar refractivity (Wildman–Crippen MR) is 117 cm³/mol. The summed E-state index contributed by atoms with van der Waals surface area (Å²) in [4.78, 5) is 28.6. The molecule has 29 heavy (non-hydrogen) atoms. The third-order valence-corrected chi connectivity index (χ3v) is 4.74. The number of aromatic amines is 1. The summed E-state index contributed by atoms with van der Waals surface area (Å²) in [6.45, 7) is 5.70. The Morgan fingerprint density at radius 1 is 1.00 bits per heavy atom. The lowest BCUT2D eigenvalue weighted by Crippen LogP contribution is -2.49. The van der Waals surface area contributed by atoms with Gasteiger partial charge in [-0.15, -0.1) is 0 Å². The van der Waals surface area contributed by atoms with Crippen LogP contribution in [0, 0.1) is 0 Å². The number of para-hydroxylation sites is 1. The van der Waals surface area contributed by atoms with Crippen LogP contribution in [0.3, 0.4) is 0 Å². The SMILES string of the molecule is C/C(=C\C(=O)N[C@@H](Cc1c[nH]c2ccccc12)C(=O)NC(C)C)c1ccccc1. The van der Waals surface area contributed by atoms with Crippen LogP contribution in [-0.4, -0.2) is 28.9 Å². The van der Waals surface area contributed by atoms with Crippen LogP contribution in [0.4, 0.5) is 0 Å². The molecule has 0 aliphatic rings. The molecule has 1 atom stereocenters. The number of benzene rings is 2. The molecule has 0 radical (unpaired) electrons. The van der Waals surface area contributed by atoms with Gasteiger partial charge in [-0.2, -0.15) is 0 Å². The zero-order valence-electron chi connectivity index (χ0n) is 17.0. The van der Waals surface area contributed by atoms with E-state index in [1.807, 2.05) is 81.6 Å². The molecule has 5 heteroatoms. The standard InChI is InChI=1S/C24H27N3O2/c1-16(2)26-24(29)22(14-19-15-25-21-12-8-7-11-20(19)21)27-23(28)13-17(3)18-9-5-4-6-10-18/h4-13,15-16,22,25H,14H2,1-3H3,(H,26,29)(H,27,28)/b17-13+/t22-/m0/s1. The minimum Gasteiger partial charge on any atom is -0.361 e. The van der Waals surface area contributed by atoms with Crippen molar-refractivity contribution in [1.82, 2.24) is 15.6 Å². The number of hydrogen-bond acceptors (Lipinski definition) is 2. The van der Waals surface area contributed by atoms with E-state index in [2.05, 4.69) is 15.6 Å². The summed E-state index contributed by atoms with van der Waals surface area (Å²) in [6.07, 6.45) is 3.85. The normalized spacial score (nSPS) is 12.8. The lowest BCUT2D eigenvalue weighted by atomic mass is 10.0. The van der Waals surface area contributed by atoms with Crippen molar-refractivity contribution in [2.75, 3.05) is 0 Å². The fourth-order valence-corrected chi connectivity index (χ4v) is 3.31. The first-order valence-electron chi connectivity index (χ1n) is 9.83. The number of hydrogen-bond donors (Lipinski definition) is 3. The highest BCUT2D eigenvalue weighted by Gasteiger charge is 2.22. The molecule has 2 amide bonds. The number of carbonyl (C=O) groups excluding carboxylic acids is 2. The molecule has 0 saturated carbocycles. The predicted octanol–water partition coefficient (Wildman–Crippen LogP) is 3.82. The zero-order chi connectivity index (χ0) is 20.8. The molecule has 0 unspecified atom stereocenters. The molecule has 150 valence electrons. The first-order valence-corrected chi connectivity index (χ1v) is 9.83. The Labute approximate surface area is 171 Å². The fraction of sp³-hybridized carbons (Fsp3) is 0.250. The minimum atomic E-state index is -0.663. The first-order chi connectivity index (χ1) is 13.9. The number of amides is 2. The maximum absolute atomic E-state index is 12.8. The number of H-pyrrole nitrogens is 1. The molecule has 1 heterocycles. The molecule has 0 saturated heterocycles. The van der Waals surface area contributed by atoms with Crippen molar-refractivity contribution in [3.05, 3.63) is 78.0 Å². The van der Waals surface area contributed by atoms with Crippen molar-refractivity contribution < 1.29 is 9.59 Å². The van der Waals surface area contributed by atoms with Gasteiger partial charge in [0.1, 0.15) is 6.04 Å². The number of nitrogens with one attached hydrogen (secondary N) is 3. The van der Waals surface area contributed by atoms with E-state index < -0.39 is 6.04 Å². The molecule has 3 N–H and O–H groups in total. The van der Waals surface area contributed by atoms with Crippen molar-refractivity contribution in [2.45, 2.75) is 39.3 Å². The van der Waals surface area contributed by atoms with Crippen LogP contribution in [0.25, 0.3) is 16.5 Å². The van der Waals surface area contributed by atoms with Crippen molar-refractivity contribution in [3.8, 4) is 0 Å². The van der Waals surface area contributed by atoms with E-state index in [4.69, 9.17) is 0 Å². The highest BCUT2D eigenvalue weighted by Crippen LogP contribution is 2.19. The van der Waals surface area contributed by atoms with Crippen LogP contribution < -0.4 is 10.6 Å². The van der Waals surface area contributed by atoms with Gasteiger partial charge < -0.3 is 15.6 Å². The number of aromatic nitrogens is 1. The summed E-state index contributed by atoms with van der Waals surface area (Å²) >= 11 is 0. The Hall–Kier alpha value is -3.34. The van der Waals surface area contributed by atoms with Gasteiger partial charge >= 0.3 is 0 Å². The van der Waals surface area contributed by atoms with Crippen molar-refractivity contribution in [2.24, 2.45) is 0 Å². The Morgan fingerprint density at radius 2 is 1.69 bits per heavy atom. The lowest BCUT2D eigenvalue weighted by molar-refractivity contribution is -0.127. The van der Waals surface area contributed by atoms with Crippen molar-refractivity contribution >= 4 is 28.3 Å². The molecule has 2 aromatic carbocycles. The quantitative estimate of drug-likeness (QED) is 0.538. The lowest BCUT2D eigenvalue weighted by Gasteiger charge is -2.19. The summed E-state index contributed by atoms with van der Waals surface area (Å²) in [5, 5.41) is 6.85. The molecular formula is C24H27N3O2. The Kier molecular flexibility index (Phi) is 6.50. The van der Waals surface area contributed by atoms with Gasteiger partial charge in [0.2, 0.25) is 11.8 Å². The molecular weight excluding hydrogens is 362 g/mol. The summed E-state index contributed by atoms with van der Waals surface area (Å²) in [6, 6.07) is 17.0. The van der Waals surface area contributed by atoms with E-state index in [1.54, 1.807) is 6.08 Å². The summed E-state index contributed by atoms with van der Waals surface area (Å²) in [7, 11) is 0. The van der Waals surface area contributed by atoms with Crippen molar-refractivity contribution in [1.29, 1.82) is 0 Å². The summed E-state index contributed by atoms with van der Waals surface area (Å²) in [5.74, 6) is -0.473. The summed E-state index contributed by atoms with van der Waals surface area (Å²) < 4.78 is 0. The topological polar surface area (TPSA) is 74.0 Å². The third-order valence-electron chi connectivity index (χ3n) is 4.74. The first kappa shape index (κ1) is 20.4. The number of carbonyl (C=O) groups is 2. The van der Waals surface area contributed by atoms with E-state index in [0.717, 1.165) is 27.6 Å². The Bertz CT molecular complexity index is 1020. The van der Waals surface area contributed by atoms with Crippen LogP contribution in [0.15, 0.2) is 66.9 Å². The molecule has 1 aromatic heterocycles. The van der Waals surface area contributed by atoms with Crippen LogP contribution in [0.5, 0.6) is 0 Å². The van der Waals surface area contributed by atoms with E-state index in [9.17, 15) is 9.59 Å².